The van der Waals surface area contributed by atoms with E-state index in [2.05, 4.69) is 10.2 Å². The van der Waals surface area contributed by atoms with Crippen LogP contribution in [-0.4, -0.2) is 67.6 Å². The van der Waals surface area contributed by atoms with Crippen molar-refractivity contribution in [1.82, 2.24) is 15.1 Å². The standard InChI is InChI=1S/C18H27N3O2/c1-2-23-17-5-3-15(4-6-17)13-18(22)21-10-7-16(14-21)20-11-8-19-9-12-20/h3-6,16,19H,2,7-14H2,1H3. The number of hydrogen-bond acceptors (Lipinski definition) is 4. The second-order valence-corrected chi connectivity index (χ2v) is 6.32. The topological polar surface area (TPSA) is 44.8 Å². The summed E-state index contributed by atoms with van der Waals surface area (Å²) in [6.45, 7) is 8.75. The molecule has 1 N–H and O–H groups in total. The minimum absolute atomic E-state index is 0.242. The smallest absolute Gasteiger partial charge is 0.227 e. The zero-order chi connectivity index (χ0) is 16.1. The second kappa shape index (κ2) is 7.79. The van der Waals surface area contributed by atoms with Crippen LogP contribution in [0.1, 0.15) is 18.9 Å². The number of ether oxygens (including phenoxy) is 1. The maximum Gasteiger partial charge on any atom is 0.227 e. The lowest BCUT2D eigenvalue weighted by molar-refractivity contribution is -0.129. The van der Waals surface area contributed by atoms with Crippen molar-refractivity contribution in [2.75, 3.05) is 45.9 Å². The van der Waals surface area contributed by atoms with Crippen LogP contribution in [0.2, 0.25) is 0 Å². The van der Waals surface area contributed by atoms with Gasteiger partial charge < -0.3 is 15.0 Å². The van der Waals surface area contributed by atoms with Crippen LogP contribution in [-0.2, 0) is 11.2 Å². The third-order valence-corrected chi connectivity index (χ3v) is 4.77. The molecule has 1 amide bonds. The van der Waals surface area contributed by atoms with Gasteiger partial charge >= 0.3 is 0 Å². The number of nitrogens with one attached hydrogen (secondary N) is 1. The molecule has 2 aliphatic rings. The Bertz CT molecular complexity index is 512. The number of rotatable bonds is 5. The van der Waals surface area contributed by atoms with Crippen LogP contribution in [0.15, 0.2) is 24.3 Å². The molecule has 0 saturated carbocycles. The first kappa shape index (κ1) is 16.3. The van der Waals surface area contributed by atoms with Crippen LogP contribution < -0.4 is 10.1 Å². The molecule has 0 aliphatic carbocycles. The van der Waals surface area contributed by atoms with Gasteiger partial charge in [-0.25, -0.2) is 0 Å². The largest absolute Gasteiger partial charge is 0.494 e. The van der Waals surface area contributed by atoms with Crippen molar-refractivity contribution in [3.05, 3.63) is 29.8 Å². The zero-order valence-corrected chi connectivity index (χ0v) is 14.0. The molecule has 23 heavy (non-hydrogen) atoms. The third kappa shape index (κ3) is 4.24. The Labute approximate surface area is 138 Å². The van der Waals surface area contributed by atoms with E-state index in [1.807, 2.05) is 36.1 Å². The maximum atomic E-state index is 12.5. The maximum absolute atomic E-state index is 12.5. The van der Waals surface area contributed by atoms with E-state index < -0.39 is 0 Å². The van der Waals surface area contributed by atoms with Crippen molar-refractivity contribution < 1.29 is 9.53 Å². The predicted molar refractivity (Wildman–Crippen MR) is 90.7 cm³/mol. The lowest BCUT2D eigenvalue weighted by atomic mass is 10.1. The summed E-state index contributed by atoms with van der Waals surface area (Å²) in [6, 6.07) is 8.42. The van der Waals surface area contributed by atoms with Crippen LogP contribution >= 0.6 is 0 Å². The van der Waals surface area contributed by atoms with Gasteiger partial charge in [-0.15, -0.1) is 0 Å². The first-order valence-electron chi connectivity index (χ1n) is 8.70. The third-order valence-electron chi connectivity index (χ3n) is 4.77. The normalized spacial score (nSPS) is 22.3. The van der Waals surface area contributed by atoms with Gasteiger partial charge in [0.25, 0.3) is 0 Å². The van der Waals surface area contributed by atoms with Crippen molar-refractivity contribution in [1.29, 1.82) is 0 Å². The Morgan fingerprint density at radius 1 is 1.22 bits per heavy atom. The van der Waals surface area contributed by atoms with E-state index in [1.165, 1.54) is 0 Å². The summed E-state index contributed by atoms with van der Waals surface area (Å²) < 4.78 is 5.44. The molecule has 3 rings (SSSR count). The zero-order valence-electron chi connectivity index (χ0n) is 14.0. The van der Waals surface area contributed by atoms with E-state index >= 15 is 0 Å². The van der Waals surface area contributed by atoms with Crippen LogP contribution in [0.5, 0.6) is 5.75 Å². The summed E-state index contributed by atoms with van der Waals surface area (Å²) in [7, 11) is 0. The van der Waals surface area contributed by atoms with Crippen LogP contribution in [0, 0.1) is 0 Å². The van der Waals surface area contributed by atoms with Gasteiger partial charge in [0.05, 0.1) is 13.0 Å². The molecule has 1 aromatic carbocycles. The van der Waals surface area contributed by atoms with Gasteiger partial charge in [0.1, 0.15) is 5.75 Å². The molecule has 0 radical (unpaired) electrons. The minimum Gasteiger partial charge on any atom is -0.494 e. The molecule has 5 heteroatoms. The highest BCUT2D eigenvalue weighted by Gasteiger charge is 2.30. The van der Waals surface area contributed by atoms with Crippen molar-refractivity contribution in [2.24, 2.45) is 0 Å². The molecule has 1 unspecified atom stereocenters. The lowest BCUT2D eigenvalue weighted by Gasteiger charge is -2.32. The summed E-state index contributed by atoms with van der Waals surface area (Å²) in [4.78, 5) is 17.1. The molecule has 1 atom stereocenters. The highest BCUT2D eigenvalue weighted by atomic mass is 16.5. The Kier molecular flexibility index (Phi) is 5.51. The molecule has 2 aliphatic heterocycles. The van der Waals surface area contributed by atoms with Crippen LogP contribution in [0.4, 0.5) is 0 Å². The molecule has 2 heterocycles. The number of hydrogen-bond donors (Lipinski definition) is 1. The van der Waals surface area contributed by atoms with E-state index in [-0.39, 0.29) is 5.91 Å². The number of carbonyl (C=O) groups excluding carboxylic acids is 1. The van der Waals surface area contributed by atoms with Gasteiger partial charge in [-0.3, -0.25) is 9.69 Å². The van der Waals surface area contributed by atoms with Gasteiger partial charge in [0, 0.05) is 45.3 Å². The first-order valence-corrected chi connectivity index (χ1v) is 8.70. The predicted octanol–water partition coefficient (Wildman–Crippen LogP) is 1.13. The van der Waals surface area contributed by atoms with E-state index in [0.29, 0.717) is 19.1 Å². The molecule has 2 fully saturated rings. The summed E-state index contributed by atoms with van der Waals surface area (Å²) in [5.41, 5.74) is 1.06. The number of piperazine rings is 1. The molecule has 0 bridgehead atoms. The van der Waals surface area contributed by atoms with E-state index in [1.54, 1.807) is 0 Å². The summed E-state index contributed by atoms with van der Waals surface area (Å²) >= 11 is 0. The van der Waals surface area contributed by atoms with Crippen molar-refractivity contribution in [3.8, 4) is 5.75 Å². The van der Waals surface area contributed by atoms with E-state index in [9.17, 15) is 4.79 Å². The number of carbonyl (C=O) groups is 1. The van der Waals surface area contributed by atoms with Crippen molar-refractivity contribution in [3.63, 3.8) is 0 Å². The quantitative estimate of drug-likeness (QED) is 0.884. The average molecular weight is 317 g/mol. The molecule has 0 aromatic heterocycles. The fraction of sp³-hybridized carbons (Fsp3) is 0.611. The highest BCUT2D eigenvalue weighted by molar-refractivity contribution is 5.79. The molecule has 2 saturated heterocycles. The summed E-state index contributed by atoms with van der Waals surface area (Å²) in [5.74, 6) is 1.11. The number of nitrogens with zero attached hydrogens (tertiary/aromatic N) is 2. The minimum atomic E-state index is 0.242. The molecule has 126 valence electrons. The monoisotopic (exact) mass is 317 g/mol. The lowest BCUT2D eigenvalue weighted by Crippen LogP contribution is -2.49. The Hall–Kier alpha value is -1.59. The van der Waals surface area contributed by atoms with Crippen molar-refractivity contribution >= 4 is 5.91 Å². The fourth-order valence-corrected chi connectivity index (χ4v) is 3.47. The Balaban J connectivity index is 1.50. The molecule has 1 aromatic rings. The fourth-order valence-electron chi connectivity index (χ4n) is 3.47. The highest BCUT2D eigenvalue weighted by Crippen LogP contribution is 2.18. The van der Waals surface area contributed by atoms with Crippen molar-refractivity contribution in [2.45, 2.75) is 25.8 Å². The summed E-state index contributed by atoms with van der Waals surface area (Å²) in [6.07, 6.45) is 1.59. The van der Waals surface area contributed by atoms with E-state index in [0.717, 1.165) is 57.0 Å². The van der Waals surface area contributed by atoms with E-state index in [4.69, 9.17) is 4.74 Å². The van der Waals surface area contributed by atoms with Gasteiger partial charge in [0.15, 0.2) is 0 Å². The van der Waals surface area contributed by atoms with Gasteiger partial charge in [-0.2, -0.15) is 0 Å². The number of benzene rings is 1. The number of likely N-dealkylation sites (tertiary alicyclic amines) is 1. The molecular formula is C18H27N3O2. The average Bonchev–Trinajstić information content (AvgIpc) is 3.08. The molecule has 0 spiro atoms. The Morgan fingerprint density at radius 2 is 1.96 bits per heavy atom. The summed E-state index contributed by atoms with van der Waals surface area (Å²) in [5, 5.41) is 3.39. The number of amides is 1. The Morgan fingerprint density at radius 3 is 2.65 bits per heavy atom. The van der Waals surface area contributed by atoms with Crippen LogP contribution in [0.3, 0.4) is 0 Å². The molecular weight excluding hydrogens is 290 g/mol. The SMILES string of the molecule is CCOc1ccc(CC(=O)N2CCC(N3CCNCC3)C2)cc1. The second-order valence-electron chi connectivity index (χ2n) is 6.32. The molecule has 5 nitrogen and oxygen atoms in total. The first-order chi connectivity index (χ1) is 11.3. The van der Waals surface area contributed by atoms with Crippen LogP contribution in [0.25, 0.3) is 0 Å². The van der Waals surface area contributed by atoms with Gasteiger partial charge in [0.2, 0.25) is 5.91 Å². The van der Waals surface area contributed by atoms with Gasteiger partial charge in [-0.1, -0.05) is 12.1 Å². The van der Waals surface area contributed by atoms with Gasteiger partial charge in [-0.05, 0) is 31.0 Å².